The molecule has 1 aromatic rings. The fourth-order valence-electron chi connectivity index (χ4n) is 1.79. The average Bonchev–Trinajstić information content (AvgIpc) is 2.35. The van der Waals surface area contributed by atoms with Crippen molar-refractivity contribution in [1.29, 1.82) is 0 Å². The van der Waals surface area contributed by atoms with Gasteiger partial charge in [0.05, 0.1) is 11.9 Å². The lowest BCUT2D eigenvalue weighted by atomic mass is 10.1. The molecule has 3 N–H and O–H groups in total. The highest BCUT2D eigenvalue weighted by atomic mass is 16.5. The molecule has 0 spiro atoms. The largest absolute Gasteiger partial charge is 0.397 e. The number of nitrogens with one attached hydrogen (secondary N) is 1. The van der Waals surface area contributed by atoms with E-state index in [0.29, 0.717) is 18.1 Å². The van der Waals surface area contributed by atoms with Gasteiger partial charge >= 0.3 is 0 Å². The number of hydrogen-bond donors (Lipinski definition) is 2. The summed E-state index contributed by atoms with van der Waals surface area (Å²) in [7, 11) is 0. The van der Waals surface area contributed by atoms with Crippen LogP contribution in [0.4, 0.5) is 11.5 Å². The fourth-order valence-corrected chi connectivity index (χ4v) is 1.79. The summed E-state index contributed by atoms with van der Waals surface area (Å²) < 4.78 is 5.40. The van der Waals surface area contributed by atoms with Crippen LogP contribution in [0.1, 0.15) is 24.8 Å². The molecule has 2 rings (SSSR count). The second-order valence-corrected chi connectivity index (χ2v) is 4.27. The summed E-state index contributed by atoms with van der Waals surface area (Å²) in [5.74, 6) is 0.400. The molecule has 0 aliphatic carbocycles. The molecule has 1 saturated heterocycles. The summed E-state index contributed by atoms with van der Waals surface area (Å²) in [6, 6.07) is 1.76. The maximum atomic E-state index is 11.9. The Morgan fingerprint density at radius 2 is 2.41 bits per heavy atom. The van der Waals surface area contributed by atoms with Crippen molar-refractivity contribution in [2.75, 3.05) is 17.7 Å². The standard InChI is InChI=1S/C12H17N3O2/c1-8-6-11(14-7-9(8)13)15-12(16)10-4-2-3-5-17-10/h6-7,10H,2-5,13H2,1H3,(H,14,15,16). The van der Waals surface area contributed by atoms with Gasteiger partial charge < -0.3 is 15.8 Å². The molecule has 5 heteroatoms. The first kappa shape index (κ1) is 11.9. The number of carbonyl (C=O) groups is 1. The van der Waals surface area contributed by atoms with Gasteiger partial charge in [-0.15, -0.1) is 0 Å². The van der Waals surface area contributed by atoms with Crippen LogP contribution in [0.2, 0.25) is 0 Å². The topological polar surface area (TPSA) is 77.2 Å². The molecule has 0 aromatic carbocycles. The number of nitrogens with two attached hydrogens (primary N) is 1. The molecule has 0 saturated carbocycles. The smallest absolute Gasteiger partial charge is 0.254 e. The van der Waals surface area contributed by atoms with E-state index < -0.39 is 0 Å². The van der Waals surface area contributed by atoms with Crippen molar-refractivity contribution >= 4 is 17.4 Å². The number of rotatable bonds is 2. The number of anilines is 2. The number of aromatic nitrogens is 1. The number of hydrogen-bond acceptors (Lipinski definition) is 4. The van der Waals surface area contributed by atoms with E-state index >= 15 is 0 Å². The van der Waals surface area contributed by atoms with Crippen molar-refractivity contribution < 1.29 is 9.53 Å². The van der Waals surface area contributed by atoms with Gasteiger partial charge in [-0.2, -0.15) is 0 Å². The van der Waals surface area contributed by atoms with Gasteiger partial charge in [-0.05, 0) is 37.8 Å². The van der Waals surface area contributed by atoms with Gasteiger partial charge in [0, 0.05) is 6.61 Å². The SMILES string of the molecule is Cc1cc(NC(=O)C2CCCCO2)ncc1N. The van der Waals surface area contributed by atoms with Crippen LogP contribution in [0, 0.1) is 6.92 Å². The Labute approximate surface area is 100 Å². The average molecular weight is 235 g/mol. The van der Waals surface area contributed by atoms with E-state index in [1.54, 1.807) is 12.3 Å². The Kier molecular flexibility index (Phi) is 3.58. The second kappa shape index (κ2) is 5.14. The highest BCUT2D eigenvalue weighted by Crippen LogP contribution is 2.16. The summed E-state index contributed by atoms with van der Waals surface area (Å²) in [6.07, 6.45) is 4.05. The zero-order chi connectivity index (χ0) is 12.3. The summed E-state index contributed by atoms with van der Waals surface area (Å²) >= 11 is 0. The normalized spacial score (nSPS) is 19.9. The molecule has 1 atom stereocenters. The molecule has 1 amide bonds. The third-order valence-electron chi connectivity index (χ3n) is 2.87. The quantitative estimate of drug-likeness (QED) is 0.814. The second-order valence-electron chi connectivity index (χ2n) is 4.27. The van der Waals surface area contributed by atoms with Crippen LogP contribution < -0.4 is 11.1 Å². The maximum absolute atomic E-state index is 11.9. The monoisotopic (exact) mass is 235 g/mol. The van der Waals surface area contributed by atoms with Crippen molar-refractivity contribution in [3.63, 3.8) is 0 Å². The van der Waals surface area contributed by atoms with Gasteiger partial charge in [-0.3, -0.25) is 4.79 Å². The first-order valence-electron chi connectivity index (χ1n) is 5.81. The van der Waals surface area contributed by atoms with Crippen LogP contribution in [-0.2, 0) is 9.53 Å². The number of nitrogens with zero attached hydrogens (tertiary/aromatic N) is 1. The molecule has 1 unspecified atom stereocenters. The molecule has 2 heterocycles. The molecular weight excluding hydrogens is 218 g/mol. The van der Waals surface area contributed by atoms with E-state index in [1.807, 2.05) is 6.92 Å². The molecule has 1 aromatic heterocycles. The van der Waals surface area contributed by atoms with Gasteiger partial charge in [0.25, 0.3) is 5.91 Å². The Hall–Kier alpha value is -1.62. The maximum Gasteiger partial charge on any atom is 0.254 e. The number of carbonyl (C=O) groups excluding carboxylic acids is 1. The number of pyridine rings is 1. The van der Waals surface area contributed by atoms with E-state index in [9.17, 15) is 4.79 Å². The number of amides is 1. The molecule has 1 aliphatic heterocycles. The Morgan fingerprint density at radius 1 is 1.59 bits per heavy atom. The predicted molar refractivity (Wildman–Crippen MR) is 65.6 cm³/mol. The van der Waals surface area contributed by atoms with E-state index in [1.165, 1.54) is 0 Å². The molecular formula is C12H17N3O2. The minimum absolute atomic E-state index is 0.124. The Morgan fingerprint density at radius 3 is 3.06 bits per heavy atom. The lowest BCUT2D eigenvalue weighted by Gasteiger charge is -2.21. The lowest BCUT2D eigenvalue weighted by Crippen LogP contribution is -2.33. The lowest BCUT2D eigenvalue weighted by molar-refractivity contribution is -0.130. The summed E-state index contributed by atoms with van der Waals surface area (Å²) in [6.45, 7) is 2.54. The van der Waals surface area contributed by atoms with Crippen molar-refractivity contribution in [2.45, 2.75) is 32.3 Å². The van der Waals surface area contributed by atoms with Gasteiger partial charge in [-0.1, -0.05) is 0 Å². The number of nitrogen functional groups attached to an aromatic ring is 1. The van der Waals surface area contributed by atoms with Crippen LogP contribution in [0.5, 0.6) is 0 Å². The van der Waals surface area contributed by atoms with Gasteiger partial charge in [0.2, 0.25) is 0 Å². The Bertz CT molecular complexity index is 414. The summed E-state index contributed by atoms with van der Waals surface area (Å²) in [5, 5.41) is 2.75. The molecule has 0 radical (unpaired) electrons. The third-order valence-corrected chi connectivity index (χ3v) is 2.87. The zero-order valence-corrected chi connectivity index (χ0v) is 9.90. The third kappa shape index (κ3) is 2.94. The molecule has 5 nitrogen and oxygen atoms in total. The number of ether oxygens (including phenoxy) is 1. The molecule has 92 valence electrons. The van der Waals surface area contributed by atoms with Crippen LogP contribution in [0.25, 0.3) is 0 Å². The Balaban J connectivity index is 1.99. The van der Waals surface area contributed by atoms with Crippen molar-refractivity contribution in [2.24, 2.45) is 0 Å². The molecule has 17 heavy (non-hydrogen) atoms. The highest BCUT2D eigenvalue weighted by Gasteiger charge is 2.22. The summed E-state index contributed by atoms with van der Waals surface area (Å²) in [5.41, 5.74) is 7.19. The van der Waals surface area contributed by atoms with Crippen molar-refractivity contribution in [1.82, 2.24) is 4.98 Å². The highest BCUT2D eigenvalue weighted by molar-refractivity contribution is 5.93. The van der Waals surface area contributed by atoms with E-state index in [4.69, 9.17) is 10.5 Å². The molecule has 1 fully saturated rings. The van der Waals surface area contributed by atoms with Gasteiger partial charge in [-0.25, -0.2) is 4.98 Å². The predicted octanol–water partition coefficient (Wildman–Crippen LogP) is 1.48. The minimum atomic E-state index is -0.344. The van der Waals surface area contributed by atoms with Gasteiger partial charge in [0.15, 0.2) is 0 Å². The van der Waals surface area contributed by atoms with Crippen molar-refractivity contribution in [3.8, 4) is 0 Å². The summed E-state index contributed by atoms with van der Waals surface area (Å²) in [4.78, 5) is 15.9. The van der Waals surface area contributed by atoms with Crippen LogP contribution in [0.15, 0.2) is 12.3 Å². The van der Waals surface area contributed by atoms with Crippen LogP contribution >= 0.6 is 0 Å². The first-order chi connectivity index (χ1) is 8.16. The molecule has 0 bridgehead atoms. The van der Waals surface area contributed by atoms with E-state index in [2.05, 4.69) is 10.3 Å². The van der Waals surface area contributed by atoms with E-state index in [-0.39, 0.29) is 12.0 Å². The molecule has 1 aliphatic rings. The van der Waals surface area contributed by atoms with Crippen LogP contribution in [-0.4, -0.2) is 23.6 Å². The van der Waals surface area contributed by atoms with E-state index in [0.717, 1.165) is 24.8 Å². The minimum Gasteiger partial charge on any atom is -0.397 e. The van der Waals surface area contributed by atoms with Gasteiger partial charge in [0.1, 0.15) is 11.9 Å². The fraction of sp³-hybridized carbons (Fsp3) is 0.500. The number of aryl methyl sites for hydroxylation is 1. The van der Waals surface area contributed by atoms with Crippen molar-refractivity contribution in [3.05, 3.63) is 17.8 Å². The zero-order valence-electron chi connectivity index (χ0n) is 9.90. The van der Waals surface area contributed by atoms with Crippen LogP contribution in [0.3, 0.4) is 0 Å². The first-order valence-corrected chi connectivity index (χ1v) is 5.81.